The topological polar surface area (TPSA) is 48.1 Å². The van der Waals surface area contributed by atoms with Crippen molar-refractivity contribution in [2.24, 2.45) is 5.73 Å². The molecule has 17 heavy (non-hydrogen) atoms. The number of aromatic nitrogens is 1. The number of hydrogen-bond donors (Lipinski definition) is 1. The lowest BCUT2D eigenvalue weighted by Crippen LogP contribution is -2.17. The molecule has 1 aliphatic rings. The summed E-state index contributed by atoms with van der Waals surface area (Å²) < 4.78 is 5.55. The van der Waals surface area contributed by atoms with Gasteiger partial charge in [0.15, 0.2) is 0 Å². The predicted octanol–water partition coefficient (Wildman–Crippen LogP) is 2.24. The molecule has 3 nitrogen and oxygen atoms in total. The third-order valence-electron chi connectivity index (χ3n) is 2.93. The minimum atomic E-state index is 0.193. The molecule has 1 fully saturated rings. The lowest BCUT2D eigenvalue weighted by molar-refractivity contribution is 0.127. The van der Waals surface area contributed by atoms with E-state index < -0.39 is 0 Å². The van der Waals surface area contributed by atoms with Gasteiger partial charge in [-0.3, -0.25) is 0 Å². The average molecular weight is 252 g/mol. The highest BCUT2D eigenvalue weighted by Gasteiger charge is 2.25. The van der Waals surface area contributed by atoms with Gasteiger partial charge in [0.05, 0.1) is 11.1 Å². The van der Waals surface area contributed by atoms with Gasteiger partial charge in [0, 0.05) is 24.1 Å². The second-order valence-electron chi connectivity index (χ2n) is 4.71. The summed E-state index contributed by atoms with van der Waals surface area (Å²) in [6.45, 7) is 5.02. The van der Waals surface area contributed by atoms with E-state index in [0.29, 0.717) is 11.4 Å². The first-order valence-electron chi connectivity index (χ1n) is 6.14. The van der Waals surface area contributed by atoms with Crippen molar-refractivity contribution in [3.63, 3.8) is 0 Å². The van der Waals surface area contributed by atoms with Crippen molar-refractivity contribution in [1.29, 1.82) is 0 Å². The van der Waals surface area contributed by atoms with Crippen LogP contribution in [0.1, 0.15) is 25.8 Å². The highest BCUT2D eigenvalue weighted by molar-refractivity contribution is 7.99. The van der Waals surface area contributed by atoms with Gasteiger partial charge in [0.1, 0.15) is 0 Å². The molecular formula is C13H20N2OS. The van der Waals surface area contributed by atoms with Gasteiger partial charge in [-0.25, -0.2) is 4.98 Å². The van der Waals surface area contributed by atoms with Crippen molar-refractivity contribution in [3.8, 4) is 0 Å². The van der Waals surface area contributed by atoms with Crippen LogP contribution >= 0.6 is 11.8 Å². The summed E-state index contributed by atoms with van der Waals surface area (Å²) >= 11 is 1.82. The second-order valence-corrected chi connectivity index (χ2v) is 5.97. The van der Waals surface area contributed by atoms with Crippen molar-refractivity contribution in [3.05, 3.63) is 23.9 Å². The summed E-state index contributed by atoms with van der Waals surface area (Å²) in [7, 11) is 0. The Hall–Kier alpha value is -0.580. The maximum absolute atomic E-state index is 5.76. The number of rotatable bonds is 4. The predicted molar refractivity (Wildman–Crippen MR) is 71.3 cm³/mol. The van der Waals surface area contributed by atoms with Crippen molar-refractivity contribution < 1.29 is 4.74 Å². The van der Waals surface area contributed by atoms with E-state index in [1.807, 2.05) is 24.9 Å². The third kappa shape index (κ3) is 3.69. The SMILES string of the molecule is CC(N)Cc1ccc(SC2CCOC2C)nc1. The molecule has 1 aromatic heterocycles. The molecule has 94 valence electrons. The summed E-state index contributed by atoms with van der Waals surface area (Å²) in [4.78, 5) is 4.48. The summed E-state index contributed by atoms with van der Waals surface area (Å²) in [6, 6.07) is 4.41. The monoisotopic (exact) mass is 252 g/mol. The Labute approximate surface area is 107 Å². The van der Waals surface area contributed by atoms with E-state index in [4.69, 9.17) is 10.5 Å². The van der Waals surface area contributed by atoms with Crippen molar-refractivity contribution in [2.75, 3.05) is 6.61 Å². The molecule has 0 bridgehead atoms. The average Bonchev–Trinajstić information content (AvgIpc) is 2.67. The zero-order valence-electron chi connectivity index (χ0n) is 10.4. The minimum Gasteiger partial charge on any atom is -0.377 e. The van der Waals surface area contributed by atoms with Crippen molar-refractivity contribution >= 4 is 11.8 Å². The summed E-state index contributed by atoms with van der Waals surface area (Å²) in [6.07, 6.45) is 4.29. The number of ether oxygens (including phenoxy) is 1. The number of nitrogens with two attached hydrogens (primary N) is 1. The van der Waals surface area contributed by atoms with Crippen LogP contribution in [0.15, 0.2) is 23.4 Å². The Kier molecular flexibility index (Phi) is 4.42. The Balaban J connectivity index is 1.93. The van der Waals surface area contributed by atoms with Gasteiger partial charge >= 0.3 is 0 Å². The molecular weight excluding hydrogens is 232 g/mol. The molecule has 0 amide bonds. The summed E-state index contributed by atoms with van der Waals surface area (Å²) in [5.74, 6) is 0. The Morgan fingerprint density at radius 2 is 2.41 bits per heavy atom. The first-order valence-corrected chi connectivity index (χ1v) is 7.02. The molecule has 3 unspecified atom stereocenters. The first kappa shape index (κ1) is 12.9. The zero-order chi connectivity index (χ0) is 12.3. The van der Waals surface area contributed by atoms with Gasteiger partial charge in [-0.05, 0) is 38.3 Å². The van der Waals surface area contributed by atoms with Crippen LogP contribution in [-0.2, 0) is 11.2 Å². The van der Waals surface area contributed by atoms with Crippen LogP contribution < -0.4 is 5.73 Å². The van der Waals surface area contributed by atoms with Crippen LogP contribution in [0, 0.1) is 0 Å². The summed E-state index contributed by atoms with van der Waals surface area (Å²) in [5, 5.41) is 1.63. The Bertz CT molecular complexity index is 353. The maximum atomic E-state index is 5.76. The lowest BCUT2D eigenvalue weighted by Gasteiger charge is -2.13. The van der Waals surface area contributed by atoms with Crippen LogP contribution in [0.3, 0.4) is 0 Å². The number of nitrogens with zero attached hydrogens (tertiary/aromatic N) is 1. The molecule has 2 N–H and O–H groups in total. The molecule has 1 saturated heterocycles. The van der Waals surface area contributed by atoms with E-state index in [1.165, 1.54) is 5.56 Å². The largest absolute Gasteiger partial charge is 0.377 e. The first-order chi connectivity index (χ1) is 8.15. The van der Waals surface area contributed by atoms with Crippen LogP contribution in [0.25, 0.3) is 0 Å². The fourth-order valence-corrected chi connectivity index (χ4v) is 3.05. The van der Waals surface area contributed by atoms with Gasteiger partial charge in [-0.1, -0.05) is 6.07 Å². The molecule has 0 saturated carbocycles. The van der Waals surface area contributed by atoms with Crippen LogP contribution in [0.4, 0.5) is 0 Å². The highest BCUT2D eigenvalue weighted by Crippen LogP contribution is 2.31. The fourth-order valence-electron chi connectivity index (χ4n) is 2.00. The maximum Gasteiger partial charge on any atom is 0.0963 e. The molecule has 1 aliphatic heterocycles. The van der Waals surface area contributed by atoms with Gasteiger partial charge in [-0.15, -0.1) is 11.8 Å². The molecule has 4 heteroatoms. The molecule has 0 aliphatic carbocycles. The normalized spacial score (nSPS) is 26.1. The van der Waals surface area contributed by atoms with E-state index in [9.17, 15) is 0 Å². The second kappa shape index (κ2) is 5.85. The van der Waals surface area contributed by atoms with Crippen molar-refractivity contribution in [2.45, 2.75) is 49.1 Å². The van der Waals surface area contributed by atoms with Crippen LogP contribution in [0.5, 0.6) is 0 Å². The molecule has 0 spiro atoms. The zero-order valence-corrected chi connectivity index (χ0v) is 11.2. The number of pyridine rings is 1. The molecule has 1 aromatic rings. The van der Waals surface area contributed by atoms with Gasteiger partial charge in [-0.2, -0.15) is 0 Å². The van der Waals surface area contributed by atoms with E-state index in [1.54, 1.807) is 0 Å². The van der Waals surface area contributed by atoms with E-state index in [0.717, 1.165) is 24.5 Å². The number of thioether (sulfide) groups is 1. The van der Waals surface area contributed by atoms with Gasteiger partial charge in [0.2, 0.25) is 0 Å². The standard InChI is InChI=1S/C13H20N2OS/c1-9(14)7-11-3-4-13(15-8-11)17-12-5-6-16-10(12)2/h3-4,8-10,12H,5-7,14H2,1-2H3. The van der Waals surface area contributed by atoms with E-state index in [-0.39, 0.29) is 6.04 Å². The van der Waals surface area contributed by atoms with Crippen LogP contribution in [0.2, 0.25) is 0 Å². The molecule has 3 atom stereocenters. The molecule has 0 radical (unpaired) electrons. The number of hydrogen-bond acceptors (Lipinski definition) is 4. The minimum absolute atomic E-state index is 0.193. The summed E-state index contributed by atoms with van der Waals surface area (Å²) in [5.41, 5.74) is 6.97. The Morgan fingerprint density at radius 3 is 2.94 bits per heavy atom. The van der Waals surface area contributed by atoms with Crippen molar-refractivity contribution in [1.82, 2.24) is 4.98 Å². The van der Waals surface area contributed by atoms with E-state index in [2.05, 4.69) is 24.0 Å². The van der Waals surface area contributed by atoms with Gasteiger partial charge in [0.25, 0.3) is 0 Å². The molecule has 2 heterocycles. The van der Waals surface area contributed by atoms with Crippen LogP contribution in [-0.4, -0.2) is 29.0 Å². The Morgan fingerprint density at radius 1 is 1.59 bits per heavy atom. The molecule has 0 aromatic carbocycles. The third-order valence-corrected chi connectivity index (χ3v) is 4.34. The lowest BCUT2D eigenvalue weighted by atomic mass is 10.1. The quantitative estimate of drug-likeness (QED) is 0.893. The fraction of sp³-hybridized carbons (Fsp3) is 0.615. The smallest absolute Gasteiger partial charge is 0.0963 e. The van der Waals surface area contributed by atoms with E-state index >= 15 is 0 Å². The highest BCUT2D eigenvalue weighted by atomic mass is 32.2. The van der Waals surface area contributed by atoms with Gasteiger partial charge < -0.3 is 10.5 Å². The molecule has 2 rings (SSSR count).